The van der Waals surface area contributed by atoms with Crippen LogP contribution in [0, 0.1) is 5.82 Å². The summed E-state index contributed by atoms with van der Waals surface area (Å²) in [6.45, 7) is 3.08. The maximum atomic E-state index is 14.5. The van der Waals surface area contributed by atoms with Gasteiger partial charge in [0, 0.05) is 11.1 Å². The number of rotatable bonds is 5. The third-order valence-electron chi connectivity index (χ3n) is 5.30. The molecular weight excluding hydrogens is 407 g/mol. The van der Waals surface area contributed by atoms with Crippen LogP contribution in [0.1, 0.15) is 48.2 Å². The first-order valence-corrected chi connectivity index (χ1v) is 9.63. The predicted molar refractivity (Wildman–Crippen MR) is 101 cm³/mol. The van der Waals surface area contributed by atoms with Gasteiger partial charge >= 0.3 is 0 Å². The molecule has 6 nitrogen and oxygen atoms in total. The number of benzene rings is 1. The summed E-state index contributed by atoms with van der Waals surface area (Å²) in [5.74, 6) is -0.599. The Bertz CT molecular complexity index is 954. The number of amides is 1. The average Bonchev–Trinajstić information content (AvgIpc) is 3.04. The van der Waals surface area contributed by atoms with E-state index < -0.39 is 23.8 Å². The van der Waals surface area contributed by atoms with Gasteiger partial charge < -0.3 is 15.5 Å². The minimum atomic E-state index is -2.90. The lowest BCUT2D eigenvalue weighted by Gasteiger charge is -2.30. The van der Waals surface area contributed by atoms with Gasteiger partial charge in [0.05, 0.1) is 36.4 Å². The van der Waals surface area contributed by atoms with Crippen LogP contribution in [-0.4, -0.2) is 33.4 Å². The molecule has 1 unspecified atom stereocenters. The Morgan fingerprint density at radius 2 is 2.03 bits per heavy atom. The Kier molecular flexibility index (Phi) is 5.35. The first-order chi connectivity index (χ1) is 13.8. The molecule has 0 bridgehead atoms. The summed E-state index contributed by atoms with van der Waals surface area (Å²) in [6.07, 6.45) is -2.11. The minimum absolute atomic E-state index is 0.00341. The maximum Gasteiger partial charge on any atom is 0.266 e. The topological polar surface area (TPSA) is 70.2 Å². The Hall–Kier alpha value is -2.39. The lowest BCUT2D eigenvalue weighted by Crippen LogP contribution is -2.53. The summed E-state index contributed by atoms with van der Waals surface area (Å²) in [4.78, 5) is 22.6. The largest absolute Gasteiger partial charge is 0.363 e. The molecule has 0 spiro atoms. The number of nitrogens with zero attached hydrogens (tertiary/aromatic N) is 3. The van der Waals surface area contributed by atoms with E-state index in [-0.39, 0.29) is 22.8 Å². The van der Waals surface area contributed by atoms with Crippen molar-refractivity contribution in [2.24, 2.45) is 0 Å². The number of aromatic nitrogens is 2. The van der Waals surface area contributed by atoms with Gasteiger partial charge in [-0.15, -0.1) is 0 Å². The van der Waals surface area contributed by atoms with Crippen molar-refractivity contribution >= 4 is 23.3 Å². The van der Waals surface area contributed by atoms with Crippen LogP contribution in [0.3, 0.4) is 0 Å². The Morgan fingerprint density at radius 1 is 1.31 bits per heavy atom. The monoisotopic (exact) mass is 425 g/mol. The van der Waals surface area contributed by atoms with Gasteiger partial charge in [0.15, 0.2) is 0 Å². The lowest BCUT2D eigenvalue weighted by atomic mass is 10.0. The van der Waals surface area contributed by atoms with E-state index in [2.05, 4.69) is 20.6 Å². The summed E-state index contributed by atoms with van der Waals surface area (Å²) >= 11 is 6.03. The molecule has 154 valence electrons. The maximum absolute atomic E-state index is 14.5. The van der Waals surface area contributed by atoms with Crippen molar-refractivity contribution in [1.29, 1.82) is 0 Å². The average molecular weight is 426 g/mol. The SMILES string of the molecule is C[C@@H](Nc1nc(Cl)nc2c1CN(C(=O)C1CCN1)C2)c1cccc(C(F)F)c1F. The Labute approximate surface area is 170 Å². The van der Waals surface area contributed by atoms with Crippen molar-refractivity contribution in [3.05, 3.63) is 51.7 Å². The molecule has 1 amide bonds. The molecule has 10 heteroatoms. The molecule has 1 saturated heterocycles. The van der Waals surface area contributed by atoms with E-state index in [4.69, 9.17) is 11.6 Å². The number of carbonyl (C=O) groups excluding carboxylic acids is 1. The zero-order valence-corrected chi connectivity index (χ0v) is 16.3. The van der Waals surface area contributed by atoms with E-state index >= 15 is 0 Å². The van der Waals surface area contributed by atoms with Crippen LogP contribution in [-0.2, 0) is 17.9 Å². The van der Waals surface area contributed by atoms with Crippen LogP contribution in [0.25, 0.3) is 0 Å². The number of nitrogens with one attached hydrogen (secondary N) is 2. The fourth-order valence-electron chi connectivity index (χ4n) is 3.57. The molecule has 0 radical (unpaired) electrons. The second-order valence-corrected chi connectivity index (χ2v) is 7.51. The molecule has 29 heavy (non-hydrogen) atoms. The van der Waals surface area contributed by atoms with Crippen LogP contribution < -0.4 is 10.6 Å². The third-order valence-corrected chi connectivity index (χ3v) is 5.47. The van der Waals surface area contributed by atoms with E-state index in [1.54, 1.807) is 11.8 Å². The third kappa shape index (κ3) is 3.76. The number of fused-ring (bicyclic) bond motifs is 1. The van der Waals surface area contributed by atoms with Gasteiger partial charge in [-0.05, 0) is 31.5 Å². The smallest absolute Gasteiger partial charge is 0.266 e. The van der Waals surface area contributed by atoms with Crippen LogP contribution in [0.4, 0.5) is 19.0 Å². The molecule has 1 fully saturated rings. The molecule has 3 heterocycles. The summed E-state index contributed by atoms with van der Waals surface area (Å²) in [7, 11) is 0. The highest BCUT2D eigenvalue weighted by molar-refractivity contribution is 6.28. The summed E-state index contributed by atoms with van der Waals surface area (Å²) in [6, 6.07) is 3.06. The Balaban J connectivity index is 1.58. The highest BCUT2D eigenvalue weighted by atomic mass is 35.5. The van der Waals surface area contributed by atoms with Crippen molar-refractivity contribution in [3.63, 3.8) is 0 Å². The van der Waals surface area contributed by atoms with Gasteiger partial charge in [0.1, 0.15) is 11.6 Å². The first kappa shape index (κ1) is 19.9. The number of hydrogen-bond donors (Lipinski definition) is 2. The van der Waals surface area contributed by atoms with Gasteiger partial charge in [0.25, 0.3) is 6.43 Å². The number of anilines is 1. The number of carbonyl (C=O) groups is 1. The van der Waals surface area contributed by atoms with Gasteiger partial charge in [-0.2, -0.15) is 0 Å². The first-order valence-electron chi connectivity index (χ1n) is 9.25. The molecule has 4 rings (SSSR count). The molecule has 0 aliphatic carbocycles. The van der Waals surface area contributed by atoms with Crippen molar-refractivity contribution < 1.29 is 18.0 Å². The summed E-state index contributed by atoms with van der Waals surface area (Å²) in [5, 5.41) is 6.12. The fraction of sp³-hybridized carbons (Fsp3) is 0.421. The van der Waals surface area contributed by atoms with Crippen molar-refractivity contribution in [1.82, 2.24) is 20.2 Å². The van der Waals surface area contributed by atoms with Gasteiger partial charge in [-0.25, -0.2) is 23.1 Å². The normalized spacial score (nSPS) is 19.1. The minimum Gasteiger partial charge on any atom is -0.363 e. The molecule has 1 aromatic carbocycles. The van der Waals surface area contributed by atoms with Crippen LogP contribution in [0.5, 0.6) is 0 Å². The van der Waals surface area contributed by atoms with E-state index in [9.17, 15) is 18.0 Å². The molecule has 2 atom stereocenters. The van der Waals surface area contributed by atoms with E-state index in [0.717, 1.165) is 19.0 Å². The quantitative estimate of drug-likeness (QED) is 0.716. The standard InChI is InChI=1S/C19H19ClF3N5O/c1-9(10-3-2-4-11(15(10)21)16(22)23)25-17-12-7-28(18(29)13-5-6-24-13)8-14(12)26-19(20)27-17/h2-4,9,13,16,24H,5-8H2,1H3,(H,25,26,27)/t9-,13?/m1/s1. The highest BCUT2D eigenvalue weighted by Gasteiger charge is 2.34. The van der Waals surface area contributed by atoms with Crippen molar-refractivity contribution in [2.75, 3.05) is 11.9 Å². The van der Waals surface area contributed by atoms with Gasteiger partial charge in [-0.1, -0.05) is 18.2 Å². The Morgan fingerprint density at radius 3 is 2.69 bits per heavy atom. The molecular formula is C19H19ClF3N5O. The van der Waals surface area contributed by atoms with Crippen molar-refractivity contribution in [3.8, 4) is 0 Å². The molecule has 2 N–H and O–H groups in total. The van der Waals surface area contributed by atoms with Crippen LogP contribution in [0.2, 0.25) is 5.28 Å². The number of hydrogen-bond acceptors (Lipinski definition) is 5. The van der Waals surface area contributed by atoms with Crippen LogP contribution in [0.15, 0.2) is 18.2 Å². The van der Waals surface area contributed by atoms with E-state index in [1.807, 2.05) is 0 Å². The highest BCUT2D eigenvalue weighted by Crippen LogP contribution is 2.33. The molecule has 2 aliphatic rings. The zero-order chi connectivity index (χ0) is 20.7. The second-order valence-electron chi connectivity index (χ2n) is 7.17. The summed E-state index contributed by atoms with van der Waals surface area (Å²) < 4.78 is 40.5. The van der Waals surface area contributed by atoms with E-state index in [0.29, 0.717) is 30.2 Å². The molecule has 1 aromatic heterocycles. The lowest BCUT2D eigenvalue weighted by molar-refractivity contribution is -0.135. The zero-order valence-electron chi connectivity index (χ0n) is 15.6. The fourth-order valence-corrected chi connectivity index (χ4v) is 3.76. The van der Waals surface area contributed by atoms with Crippen molar-refractivity contribution in [2.45, 2.75) is 44.9 Å². The van der Waals surface area contributed by atoms with Gasteiger partial charge in [-0.3, -0.25) is 4.79 Å². The number of alkyl halides is 2. The van der Waals surface area contributed by atoms with Gasteiger partial charge in [0.2, 0.25) is 11.2 Å². The molecule has 2 aliphatic heterocycles. The van der Waals surface area contributed by atoms with Crippen LogP contribution >= 0.6 is 11.6 Å². The summed E-state index contributed by atoms with van der Waals surface area (Å²) in [5.41, 5.74) is 0.760. The predicted octanol–water partition coefficient (Wildman–Crippen LogP) is 3.58. The van der Waals surface area contributed by atoms with E-state index in [1.165, 1.54) is 12.1 Å². The molecule has 2 aromatic rings. The number of halogens is 4. The second kappa shape index (κ2) is 7.79. The molecule has 0 saturated carbocycles.